The van der Waals surface area contributed by atoms with Gasteiger partial charge in [-0.25, -0.2) is 14.6 Å². The van der Waals surface area contributed by atoms with Gasteiger partial charge in [0, 0.05) is 27.7 Å². The molecule has 0 amide bonds. The van der Waals surface area contributed by atoms with Gasteiger partial charge in [0.15, 0.2) is 16.9 Å². The van der Waals surface area contributed by atoms with Gasteiger partial charge in [0.2, 0.25) is 0 Å². The highest BCUT2D eigenvalue weighted by Gasteiger charge is 2.24. The van der Waals surface area contributed by atoms with E-state index >= 15 is 0 Å². The number of Topliss-reactive ketones (excluding diaryl/α,β-unsaturated/α-hetero) is 1. The van der Waals surface area contributed by atoms with Crippen LogP contribution in [0.25, 0.3) is 11.2 Å². The SMILES string of the molecule is CC(C)Cn1c(N)c(C(=O)Cn2cnc3c2c(=O)n(C)c(=O)n3C)c(=O)n(C)c1=O. The summed E-state index contributed by atoms with van der Waals surface area (Å²) in [6, 6.07) is 0. The minimum absolute atomic E-state index is 0.0406. The lowest BCUT2D eigenvalue weighted by Gasteiger charge is -2.16. The molecule has 0 aliphatic heterocycles. The van der Waals surface area contributed by atoms with Crippen LogP contribution in [0.3, 0.4) is 0 Å². The molecule has 0 aliphatic rings. The number of rotatable bonds is 5. The minimum atomic E-state index is -0.813. The Morgan fingerprint density at radius 3 is 2.20 bits per heavy atom. The van der Waals surface area contributed by atoms with Crippen molar-refractivity contribution in [2.75, 3.05) is 5.73 Å². The smallest absolute Gasteiger partial charge is 0.332 e. The standard InChI is InChI=1S/C18H23N7O5/c1-9(2)6-25-13(19)11(15(27)22(4)18(25)30)10(26)7-24-8-20-14-12(24)16(28)23(5)17(29)21(14)3/h8-9H,6-7,19H2,1-5H3. The predicted octanol–water partition coefficient (Wildman–Crippen LogP) is -1.58. The molecule has 3 aromatic rings. The summed E-state index contributed by atoms with van der Waals surface area (Å²) in [5.74, 6) is -0.848. The van der Waals surface area contributed by atoms with Crippen LogP contribution in [0.2, 0.25) is 0 Å². The third-order valence-corrected chi connectivity index (χ3v) is 4.94. The Bertz CT molecular complexity index is 1410. The van der Waals surface area contributed by atoms with Crippen LogP contribution in [-0.4, -0.2) is 33.6 Å². The zero-order chi connectivity index (χ0) is 22.5. The van der Waals surface area contributed by atoms with E-state index in [4.69, 9.17) is 5.73 Å². The zero-order valence-electron chi connectivity index (χ0n) is 17.4. The van der Waals surface area contributed by atoms with Crippen molar-refractivity contribution in [3.8, 4) is 0 Å². The lowest BCUT2D eigenvalue weighted by Crippen LogP contribution is -2.43. The molecule has 0 aromatic carbocycles. The molecule has 0 spiro atoms. The van der Waals surface area contributed by atoms with Gasteiger partial charge in [-0.1, -0.05) is 13.8 Å². The molecule has 3 rings (SSSR count). The Labute approximate surface area is 169 Å². The maximum atomic E-state index is 13.0. The van der Waals surface area contributed by atoms with Crippen LogP contribution < -0.4 is 28.2 Å². The van der Waals surface area contributed by atoms with Crippen molar-refractivity contribution in [3.05, 3.63) is 53.6 Å². The van der Waals surface area contributed by atoms with Crippen LogP contribution in [0, 0.1) is 5.92 Å². The summed E-state index contributed by atoms with van der Waals surface area (Å²) in [5, 5.41) is 0. The molecule has 0 radical (unpaired) electrons. The number of hydrogen-bond donors (Lipinski definition) is 1. The topological polar surface area (TPSA) is 149 Å². The number of aryl methyl sites for hydroxylation is 1. The second kappa shape index (κ2) is 7.28. The molecule has 160 valence electrons. The molecule has 0 unspecified atom stereocenters. The molecule has 12 heteroatoms. The molecule has 0 atom stereocenters. The molecule has 0 saturated carbocycles. The van der Waals surface area contributed by atoms with Gasteiger partial charge in [-0.2, -0.15) is 0 Å². The summed E-state index contributed by atoms with van der Waals surface area (Å²) in [5.41, 5.74) is 3.26. The predicted molar refractivity (Wildman–Crippen MR) is 110 cm³/mol. The number of nitrogen functional groups attached to an aromatic ring is 1. The van der Waals surface area contributed by atoms with Gasteiger partial charge >= 0.3 is 11.4 Å². The number of nitrogens with two attached hydrogens (primary N) is 1. The molecule has 3 heterocycles. The molecule has 2 N–H and O–H groups in total. The van der Waals surface area contributed by atoms with Gasteiger partial charge in [-0.3, -0.25) is 32.7 Å². The van der Waals surface area contributed by atoms with Crippen LogP contribution >= 0.6 is 0 Å². The van der Waals surface area contributed by atoms with Crippen molar-refractivity contribution in [2.24, 2.45) is 27.1 Å². The van der Waals surface area contributed by atoms with E-state index in [9.17, 15) is 24.0 Å². The highest BCUT2D eigenvalue weighted by Crippen LogP contribution is 2.12. The van der Waals surface area contributed by atoms with Gasteiger partial charge in [-0.05, 0) is 5.92 Å². The number of nitrogens with zero attached hydrogens (tertiary/aromatic N) is 6. The minimum Gasteiger partial charge on any atom is -0.384 e. The van der Waals surface area contributed by atoms with E-state index in [-0.39, 0.29) is 35.0 Å². The largest absolute Gasteiger partial charge is 0.384 e. The first kappa shape index (κ1) is 21.0. The summed E-state index contributed by atoms with van der Waals surface area (Å²) in [6.07, 6.45) is 1.24. The Morgan fingerprint density at radius 2 is 1.60 bits per heavy atom. The maximum absolute atomic E-state index is 13.0. The summed E-state index contributed by atoms with van der Waals surface area (Å²) < 4.78 is 5.38. The average Bonchev–Trinajstić information content (AvgIpc) is 3.10. The van der Waals surface area contributed by atoms with Gasteiger partial charge < -0.3 is 10.3 Å². The molecule has 30 heavy (non-hydrogen) atoms. The first-order valence-corrected chi connectivity index (χ1v) is 9.20. The first-order chi connectivity index (χ1) is 14.0. The highest BCUT2D eigenvalue weighted by molar-refractivity contribution is 6.00. The number of imidazole rings is 1. The number of anilines is 1. The molecule has 0 bridgehead atoms. The second-order valence-corrected chi connectivity index (χ2v) is 7.59. The monoisotopic (exact) mass is 417 g/mol. The molecular formula is C18H23N7O5. The van der Waals surface area contributed by atoms with Gasteiger partial charge in [-0.15, -0.1) is 0 Å². The summed E-state index contributed by atoms with van der Waals surface area (Å²) in [6.45, 7) is 3.56. The Kier molecular flexibility index (Phi) is 5.10. The van der Waals surface area contributed by atoms with Crippen LogP contribution in [-0.2, 0) is 34.2 Å². The fourth-order valence-electron chi connectivity index (χ4n) is 3.34. The fourth-order valence-corrected chi connectivity index (χ4v) is 3.34. The van der Waals surface area contributed by atoms with E-state index in [1.807, 2.05) is 13.8 Å². The Morgan fingerprint density at radius 1 is 1.00 bits per heavy atom. The van der Waals surface area contributed by atoms with Crippen molar-refractivity contribution < 1.29 is 4.79 Å². The maximum Gasteiger partial charge on any atom is 0.332 e. The van der Waals surface area contributed by atoms with E-state index in [0.29, 0.717) is 0 Å². The van der Waals surface area contributed by atoms with Crippen molar-refractivity contribution in [1.29, 1.82) is 0 Å². The lowest BCUT2D eigenvalue weighted by molar-refractivity contribution is 0.0971. The summed E-state index contributed by atoms with van der Waals surface area (Å²) >= 11 is 0. The van der Waals surface area contributed by atoms with E-state index in [1.165, 1.54) is 41.2 Å². The normalized spacial score (nSPS) is 11.5. The lowest BCUT2D eigenvalue weighted by atomic mass is 10.1. The van der Waals surface area contributed by atoms with Gasteiger partial charge in [0.25, 0.3) is 11.1 Å². The zero-order valence-corrected chi connectivity index (χ0v) is 17.4. The van der Waals surface area contributed by atoms with E-state index in [1.54, 1.807) is 0 Å². The van der Waals surface area contributed by atoms with Crippen molar-refractivity contribution in [3.63, 3.8) is 0 Å². The molecule has 12 nitrogen and oxygen atoms in total. The van der Waals surface area contributed by atoms with Crippen molar-refractivity contribution >= 4 is 22.8 Å². The van der Waals surface area contributed by atoms with E-state index in [0.717, 1.165) is 9.13 Å². The van der Waals surface area contributed by atoms with Crippen LogP contribution in [0.1, 0.15) is 24.2 Å². The average molecular weight is 417 g/mol. The third-order valence-electron chi connectivity index (χ3n) is 4.94. The summed E-state index contributed by atoms with van der Waals surface area (Å²) in [7, 11) is 4.05. The summed E-state index contributed by atoms with van der Waals surface area (Å²) in [4.78, 5) is 66.7. The van der Waals surface area contributed by atoms with Crippen LogP contribution in [0.5, 0.6) is 0 Å². The third kappa shape index (κ3) is 3.09. The Balaban J connectivity index is 2.18. The fraction of sp³-hybridized carbons (Fsp3) is 0.444. The molecule has 3 aromatic heterocycles. The first-order valence-electron chi connectivity index (χ1n) is 9.20. The Hall–Kier alpha value is -3.70. The number of ketones is 1. The number of carbonyl (C=O) groups is 1. The van der Waals surface area contributed by atoms with Crippen LogP contribution in [0.15, 0.2) is 25.5 Å². The molecule has 0 fully saturated rings. The number of carbonyl (C=O) groups excluding carboxylic acids is 1. The van der Waals surface area contributed by atoms with Gasteiger partial charge in [0.05, 0.1) is 12.9 Å². The quantitative estimate of drug-likeness (QED) is 0.492. The molecule has 0 aliphatic carbocycles. The van der Waals surface area contributed by atoms with Crippen LogP contribution in [0.4, 0.5) is 5.82 Å². The van der Waals surface area contributed by atoms with E-state index in [2.05, 4.69) is 4.98 Å². The van der Waals surface area contributed by atoms with Gasteiger partial charge in [0.1, 0.15) is 11.4 Å². The molecule has 0 saturated heterocycles. The highest BCUT2D eigenvalue weighted by atomic mass is 16.2. The number of fused-ring (bicyclic) bond motifs is 1. The van der Waals surface area contributed by atoms with E-state index < -0.39 is 34.8 Å². The second-order valence-electron chi connectivity index (χ2n) is 7.59. The van der Waals surface area contributed by atoms with Crippen molar-refractivity contribution in [2.45, 2.75) is 26.9 Å². The molecular weight excluding hydrogens is 394 g/mol. The van der Waals surface area contributed by atoms with Crippen molar-refractivity contribution in [1.82, 2.24) is 27.8 Å². The number of aromatic nitrogens is 6. The number of hydrogen-bond acceptors (Lipinski definition) is 7.